The van der Waals surface area contributed by atoms with Crippen LogP contribution in [-0.4, -0.2) is 17.0 Å². The molecule has 0 heterocycles. The Morgan fingerprint density at radius 1 is 1.33 bits per heavy atom. The van der Waals surface area contributed by atoms with Gasteiger partial charge < -0.3 is 5.11 Å². The lowest BCUT2D eigenvalue weighted by atomic mass is 9.99. The largest absolute Gasteiger partial charge is 0.481 e. The summed E-state index contributed by atoms with van der Waals surface area (Å²) in [6.45, 7) is 0. The molecular weight excluding hydrogens is 176 g/mol. The van der Waals surface area contributed by atoms with Crippen LogP contribution in [0.25, 0.3) is 0 Å². The molecule has 12 heavy (non-hydrogen) atoms. The summed E-state index contributed by atoms with van der Waals surface area (Å²) in [5, 5.41) is 8.83. The number of hydrogen-bond acceptors (Lipinski definition) is 1. The van der Waals surface area contributed by atoms with Gasteiger partial charge in [-0.1, -0.05) is 12.8 Å². The summed E-state index contributed by atoms with van der Waals surface area (Å²) in [6.07, 6.45) is 5.69. The zero-order chi connectivity index (χ0) is 9.03. The lowest BCUT2D eigenvalue weighted by Gasteiger charge is -2.07. The van der Waals surface area contributed by atoms with Gasteiger partial charge in [-0.15, -0.1) is 11.6 Å². The van der Waals surface area contributed by atoms with Crippen LogP contribution in [0.5, 0.6) is 0 Å². The quantitative estimate of drug-likeness (QED) is 0.517. The molecule has 1 fully saturated rings. The normalized spacial score (nSPS) is 19.1. The molecule has 0 bridgehead atoms. The number of carboxylic acid groups (broad SMARTS) is 1. The van der Waals surface area contributed by atoms with Crippen molar-refractivity contribution in [2.45, 2.75) is 38.5 Å². The van der Waals surface area contributed by atoms with Gasteiger partial charge in [0.25, 0.3) is 0 Å². The number of rotatable bonds is 6. The smallest absolute Gasteiger partial charge is 0.309 e. The van der Waals surface area contributed by atoms with Crippen molar-refractivity contribution in [1.29, 1.82) is 0 Å². The molecule has 70 valence electrons. The Balaban J connectivity index is 2.10. The maximum Gasteiger partial charge on any atom is 0.309 e. The molecule has 1 saturated carbocycles. The number of carbonyl (C=O) groups is 1. The summed E-state index contributed by atoms with van der Waals surface area (Å²) in [7, 11) is 0. The zero-order valence-corrected chi connectivity index (χ0v) is 7.94. The van der Waals surface area contributed by atoms with E-state index >= 15 is 0 Å². The number of carboxylic acids is 1. The zero-order valence-electron chi connectivity index (χ0n) is 7.18. The standard InChI is InChI=1S/C9H15ClO2/c10-7-3-1-2-4-9(5-6-9)8(11)12/h1-7H2,(H,11,12). The second-order valence-corrected chi connectivity index (χ2v) is 3.96. The van der Waals surface area contributed by atoms with Crippen molar-refractivity contribution < 1.29 is 9.90 Å². The molecule has 0 unspecified atom stereocenters. The SMILES string of the molecule is O=C(O)C1(CCCCCCl)CC1. The van der Waals surface area contributed by atoms with Gasteiger partial charge in [0.15, 0.2) is 0 Å². The fraction of sp³-hybridized carbons (Fsp3) is 0.889. The maximum absolute atomic E-state index is 10.7. The van der Waals surface area contributed by atoms with Gasteiger partial charge in [0.1, 0.15) is 0 Å². The molecule has 0 atom stereocenters. The average Bonchev–Trinajstić information content (AvgIpc) is 2.79. The number of aliphatic carboxylic acids is 1. The Bertz CT molecular complexity index is 164. The number of unbranched alkanes of at least 4 members (excludes halogenated alkanes) is 2. The molecule has 1 rings (SSSR count). The van der Waals surface area contributed by atoms with Gasteiger partial charge in [-0.05, 0) is 25.7 Å². The van der Waals surface area contributed by atoms with Crippen LogP contribution in [0.15, 0.2) is 0 Å². The summed E-state index contributed by atoms with van der Waals surface area (Å²) in [6, 6.07) is 0. The molecule has 0 radical (unpaired) electrons. The average molecular weight is 191 g/mol. The lowest BCUT2D eigenvalue weighted by Crippen LogP contribution is -2.14. The summed E-state index contributed by atoms with van der Waals surface area (Å²) >= 11 is 5.51. The van der Waals surface area contributed by atoms with Crippen LogP contribution in [-0.2, 0) is 4.79 Å². The first-order valence-corrected chi connectivity index (χ1v) is 5.04. The van der Waals surface area contributed by atoms with Crippen molar-refractivity contribution in [1.82, 2.24) is 0 Å². The highest BCUT2D eigenvalue weighted by atomic mass is 35.5. The molecule has 0 saturated heterocycles. The van der Waals surface area contributed by atoms with Crippen molar-refractivity contribution in [2.75, 3.05) is 5.88 Å². The van der Waals surface area contributed by atoms with Crippen LogP contribution in [0.4, 0.5) is 0 Å². The first kappa shape index (κ1) is 9.85. The van der Waals surface area contributed by atoms with E-state index in [9.17, 15) is 4.79 Å². The second kappa shape index (κ2) is 4.13. The highest BCUT2D eigenvalue weighted by molar-refractivity contribution is 6.17. The summed E-state index contributed by atoms with van der Waals surface area (Å²) in [5.41, 5.74) is -0.327. The molecule has 0 amide bonds. The van der Waals surface area contributed by atoms with Crippen LogP contribution in [0, 0.1) is 5.41 Å². The highest BCUT2D eigenvalue weighted by Gasteiger charge is 2.49. The van der Waals surface area contributed by atoms with Crippen LogP contribution in [0.3, 0.4) is 0 Å². The first-order valence-electron chi connectivity index (χ1n) is 4.51. The molecule has 1 aliphatic rings. The van der Waals surface area contributed by atoms with Crippen LogP contribution >= 0.6 is 11.6 Å². The van der Waals surface area contributed by atoms with E-state index in [4.69, 9.17) is 16.7 Å². The van der Waals surface area contributed by atoms with Crippen molar-refractivity contribution in [3.63, 3.8) is 0 Å². The minimum absolute atomic E-state index is 0.327. The molecule has 3 heteroatoms. The van der Waals surface area contributed by atoms with Crippen molar-refractivity contribution in [2.24, 2.45) is 5.41 Å². The van der Waals surface area contributed by atoms with Gasteiger partial charge in [0.05, 0.1) is 5.41 Å². The van der Waals surface area contributed by atoms with Gasteiger partial charge in [-0.2, -0.15) is 0 Å². The summed E-state index contributed by atoms with van der Waals surface area (Å²) < 4.78 is 0. The third-order valence-electron chi connectivity index (χ3n) is 2.60. The van der Waals surface area contributed by atoms with Gasteiger partial charge in [-0.3, -0.25) is 4.79 Å². The first-order chi connectivity index (χ1) is 5.71. The van der Waals surface area contributed by atoms with Gasteiger partial charge in [0.2, 0.25) is 0 Å². The molecule has 0 aromatic carbocycles. The van der Waals surface area contributed by atoms with E-state index in [0.717, 1.165) is 38.5 Å². The molecule has 0 aromatic rings. The monoisotopic (exact) mass is 190 g/mol. The van der Waals surface area contributed by atoms with E-state index < -0.39 is 5.97 Å². The van der Waals surface area contributed by atoms with Crippen molar-refractivity contribution in [3.8, 4) is 0 Å². The van der Waals surface area contributed by atoms with E-state index in [1.807, 2.05) is 0 Å². The molecule has 0 aromatic heterocycles. The summed E-state index contributed by atoms with van der Waals surface area (Å²) in [5.74, 6) is 0.0912. The Hall–Kier alpha value is -0.240. The molecule has 0 aliphatic heterocycles. The highest BCUT2D eigenvalue weighted by Crippen LogP contribution is 2.50. The topological polar surface area (TPSA) is 37.3 Å². The van der Waals surface area contributed by atoms with E-state index in [2.05, 4.69) is 0 Å². The fourth-order valence-corrected chi connectivity index (χ4v) is 1.65. The number of hydrogen-bond donors (Lipinski definition) is 1. The second-order valence-electron chi connectivity index (χ2n) is 3.59. The minimum atomic E-state index is -0.603. The Morgan fingerprint density at radius 3 is 2.42 bits per heavy atom. The van der Waals surface area contributed by atoms with Crippen molar-refractivity contribution in [3.05, 3.63) is 0 Å². The fourth-order valence-electron chi connectivity index (χ4n) is 1.46. The van der Waals surface area contributed by atoms with Crippen LogP contribution in [0.1, 0.15) is 38.5 Å². The molecule has 1 N–H and O–H groups in total. The summed E-state index contributed by atoms with van der Waals surface area (Å²) in [4.78, 5) is 10.7. The predicted molar refractivity (Wildman–Crippen MR) is 48.5 cm³/mol. The third kappa shape index (κ3) is 2.37. The van der Waals surface area contributed by atoms with Gasteiger partial charge >= 0.3 is 5.97 Å². The molecular formula is C9H15ClO2. The van der Waals surface area contributed by atoms with E-state index in [1.165, 1.54) is 0 Å². The van der Waals surface area contributed by atoms with Gasteiger partial charge in [-0.25, -0.2) is 0 Å². The molecule has 2 nitrogen and oxygen atoms in total. The lowest BCUT2D eigenvalue weighted by molar-refractivity contribution is -0.143. The Morgan fingerprint density at radius 2 is 2.00 bits per heavy atom. The van der Waals surface area contributed by atoms with E-state index in [-0.39, 0.29) is 5.41 Å². The van der Waals surface area contributed by atoms with Crippen LogP contribution in [0.2, 0.25) is 0 Å². The minimum Gasteiger partial charge on any atom is -0.481 e. The van der Waals surface area contributed by atoms with Crippen LogP contribution < -0.4 is 0 Å². The van der Waals surface area contributed by atoms with E-state index in [0.29, 0.717) is 5.88 Å². The van der Waals surface area contributed by atoms with Gasteiger partial charge in [0, 0.05) is 5.88 Å². The molecule has 1 aliphatic carbocycles. The maximum atomic E-state index is 10.7. The number of halogens is 1. The Kier molecular flexibility index (Phi) is 3.39. The number of alkyl halides is 1. The predicted octanol–water partition coefficient (Wildman–Crippen LogP) is 2.65. The molecule has 0 spiro atoms. The van der Waals surface area contributed by atoms with E-state index in [1.54, 1.807) is 0 Å². The Labute approximate surface area is 77.9 Å². The van der Waals surface area contributed by atoms with Crippen molar-refractivity contribution >= 4 is 17.6 Å². The third-order valence-corrected chi connectivity index (χ3v) is 2.86.